The van der Waals surface area contributed by atoms with Gasteiger partial charge in [0.1, 0.15) is 4.90 Å². The molecule has 0 aromatic heterocycles. The lowest BCUT2D eigenvalue weighted by Crippen LogP contribution is -2.43. The first-order valence-electron chi connectivity index (χ1n) is 9.90. The van der Waals surface area contributed by atoms with Gasteiger partial charge in [-0.15, -0.1) is 4.40 Å². The molecule has 0 bridgehead atoms. The van der Waals surface area contributed by atoms with Gasteiger partial charge in [0.05, 0.1) is 12.5 Å². The van der Waals surface area contributed by atoms with E-state index in [0.717, 1.165) is 25.7 Å². The highest BCUT2D eigenvalue weighted by Gasteiger charge is 2.35. The number of hydrogen-bond donors (Lipinski definition) is 0. The quantitative estimate of drug-likeness (QED) is 0.742. The van der Waals surface area contributed by atoms with Crippen LogP contribution in [-0.2, 0) is 19.6 Å². The third kappa shape index (κ3) is 3.88. The van der Waals surface area contributed by atoms with Crippen molar-refractivity contribution in [2.75, 3.05) is 19.7 Å². The van der Waals surface area contributed by atoms with Crippen molar-refractivity contribution < 1.29 is 17.9 Å². The molecule has 2 aliphatic heterocycles. The molecule has 0 amide bonds. The Hall–Kier alpha value is -1.89. The number of ether oxygens (including phenoxy) is 1. The number of benzene rings is 1. The van der Waals surface area contributed by atoms with Crippen molar-refractivity contribution in [2.24, 2.45) is 16.2 Å². The number of carbonyl (C=O) groups excluding carboxylic acids is 1. The molecule has 0 N–H and O–H groups in total. The summed E-state index contributed by atoms with van der Waals surface area (Å²) in [4.78, 5) is 14.7. The molecule has 3 aliphatic rings. The number of fused-ring (bicyclic) bond motifs is 1. The monoisotopic (exact) mass is 390 g/mol. The lowest BCUT2D eigenvalue weighted by atomic mass is 9.90. The van der Waals surface area contributed by atoms with E-state index in [0.29, 0.717) is 37.0 Å². The molecule has 2 fully saturated rings. The second-order valence-electron chi connectivity index (χ2n) is 7.81. The van der Waals surface area contributed by atoms with Gasteiger partial charge in [-0.25, -0.2) is 0 Å². The summed E-state index contributed by atoms with van der Waals surface area (Å²) in [5, 5.41) is 0. The number of nitrogens with zero attached hydrogens (tertiary/aromatic N) is 2. The maximum absolute atomic E-state index is 12.6. The summed E-state index contributed by atoms with van der Waals surface area (Å²) >= 11 is 0. The van der Waals surface area contributed by atoms with Crippen LogP contribution in [0.15, 0.2) is 33.6 Å². The summed E-state index contributed by atoms with van der Waals surface area (Å²) in [6, 6.07) is 6.89. The number of esters is 1. The third-order valence-corrected chi connectivity index (χ3v) is 7.18. The molecule has 2 heterocycles. The summed E-state index contributed by atoms with van der Waals surface area (Å²) in [6.45, 7) is 1.69. The van der Waals surface area contributed by atoms with E-state index in [-0.39, 0.29) is 16.8 Å². The molecule has 1 aliphatic carbocycles. The highest BCUT2D eigenvalue weighted by molar-refractivity contribution is 7.90. The van der Waals surface area contributed by atoms with Crippen molar-refractivity contribution >= 4 is 21.8 Å². The van der Waals surface area contributed by atoms with Crippen LogP contribution in [0.1, 0.15) is 50.5 Å². The van der Waals surface area contributed by atoms with Crippen molar-refractivity contribution in [1.29, 1.82) is 0 Å². The van der Waals surface area contributed by atoms with Crippen molar-refractivity contribution in [1.82, 2.24) is 4.90 Å². The van der Waals surface area contributed by atoms with Gasteiger partial charge in [0.25, 0.3) is 10.0 Å². The molecular weight excluding hydrogens is 364 g/mol. The van der Waals surface area contributed by atoms with Gasteiger partial charge in [0, 0.05) is 18.7 Å². The van der Waals surface area contributed by atoms with Gasteiger partial charge in [0.2, 0.25) is 0 Å². The van der Waals surface area contributed by atoms with Gasteiger partial charge in [-0.3, -0.25) is 4.79 Å². The zero-order valence-electron chi connectivity index (χ0n) is 15.5. The van der Waals surface area contributed by atoms with Crippen molar-refractivity contribution in [2.45, 2.75) is 49.8 Å². The fourth-order valence-corrected chi connectivity index (χ4v) is 5.58. The minimum Gasteiger partial charge on any atom is -0.465 e. The number of amidine groups is 1. The van der Waals surface area contributed by atoms with Gasteiger partial charge in [-0.2, -0.15) is 8.42 Å². The van der Waals surface area contributed by atoms with Gasteiger partial charge in [-0.05, 0) is 43.7 Å². The summed E-state index contributed by atoms with van der Waals surface area (Å²) in [5.74, 6) is 0.592. The van der Waals surface area contributed by atoms with Crippen LogP contribution in [0.4, 0.5) is 0 Å². The molecule has 1 atom stereocenters. The number of carbonyl (C=O) groups is 1. The minimum absolute atomic E-state index is 0.153. The highest BCUT2D eigenvalue weighted by atomic mass is 32.2. The zero-order valence-corrected chi connectivity index (χ0v) is 16.3. The average Bonchev–Trinajstić information content (AvgIpc) is 2.98. The van der Waals surface area contributed by atoms with E-state index in [1.54, 1.807) is 18.2 Å². The molecule has 1 aromatic carbocycles. The Bertz CT molecular complexity index is 843. The molecule has 1 aromatic rings. The van der Waals surface area contributed by atoms with E-state index in [9.17, 15) is 13.2 Å². The van der Waals surface area contributed by atoms with Crippen LogP contribution in [0.25, 0.3) is 0 Å². The second kappa shape index (κ2) is 7.62. The first kappa shape index (κ1) is 18.5. The number of piperidine rings is 1. The van der Waals surface area contributed by atoms with Crippen LogP contribution in [-0.4, -0.2) is 44.8 Å². The Morgan fingerprint density at radius 1 is 1.11 bits per heavy atom. The lowest BCUT2D eigenvalue weighted by Gasteiger charge is -2.33. The highest BCUT2D eigenvalue weighted by Crippen LogP contribution is 2.30. The molecule has 0 unspecified atom stereocenters. The minimum atomic E-state index is -3.64. The molecule has 0 radical (unpaired) electrons. The standard InChI is InChI=1S/C20H26N2O4S/c23-20(26-14-15-7-2-1-3-8-15)16-9-6-12-22(13-16)19-17-10-4-5-11-18(17)27(24,25)21-19/h4-5,10-11,15-16H,1-3,6-9,12-14H2/t16-/m0/s1. The van der Waals surface area contributed by atoms with Crippen molar-refractivity contribution in [3.8, 4) is 0 Å². The van der Waals surface area contributed by atoms with E-state index >= 15 is 0 Å². The average molecular weight is 391 g/mol. The molecule has 1 saturated heterocycles. The molecule has 4 rings (SSSR count). The van der Waals surface area contributed by atoms with E-state index in [2.05, 4.69) is 4.40 Å². The van der Waals surface area contributed by atoms with E-state index in [1.165, 1.54) is 19.3 Å². The van der Waals surface area contributed by atoms with Crippen LogP contribution in [0.3, 0.4) is 0 Å². The van der Waals surface area contributed by atoms with Gasteiger partial charge in [0.15, 0.2) is 5.84 Å². The lowest BCUT2D eigenvalue weighted by molar-refractivity contribution is -0.151. The number of likely N-dealkylation sites (tertiary alicyclic amines) is 1. The van der Waals surface area contributed by atoms with Crippen LogP contribution >= 0.6 is 0 Å². The summed E-state index contributed by atoms with van der Waals surface area (Å²) in [6.07, 6.45) is 7.64. The number of sulfonamides is 1. The van der Waals surface area contributed by atoms with Crippen LogP contribution < -0.4 is 0 Å². The van der Waals surface area contributed by atoms with E-state index in [4.69, 9.17) is 4.74 Å². The first-order chi connectivity index (χ1) is 13.0. The molecule has 1 saturated carbocycles. The Labute approximate surface area is 160 Å². The SMILES string of the molecule is O=C(OCC1CCCCC1)[C@H]1CCCN(C2=NS(=O)(=O)c3ccccc32)C1. The van der Waals surface area contributed by atoms with Crippen LogP contribution in [0, 0.1) is 11.8 Å². The van der Waals surface area contributed by atoms with E-state index < -0.39 is 10.0 Å². The molecule has 7 heteroatoms. The Kier molecular flexibility index (Phi) is 5.21. The normalized spacial score (nSPS) is 25.0. The maximum Gasteiger partial charge on any atom is 0.310 e. The summed E-state index contributed by atoms with van der Waals surface area (Å²) in [5.41, 5.74) is 0.633. The molecule has 146 valence electrons. The fraction of sp³-hybridized carbons (Fsp3) is 0.600. The Morgan fingerprint density at radius 2 is 1.89 bits per heavy atom. The predicted molar refractivity (Wildman–Crippen MR) is 102 cm³/mol. The van der Waals surface area contributed by atoms with Gasteiger partial charge >= 0.3 is 5.97 Å². The number of hydrogen-bond acceptors (Lipinski definition) is 5. The molecular formula is C20H26N2O4S. The van der Waals surface area contributed by atoms with Crippen LogP contribution in [0.5, 0.6) is 0 Å². The largest absolute Gasteiger partial charge is 0.465 e. The molecule has 6 nitrogen and oxygen atoms in total. The van der Waals surface area contributed by atoms with Crippen molar-refractivity contribution in [3.63, 3.8) is 0 Å². The summed E-state index contributed by atoms with van der Waals surface area (Å²) in [7, 11) is -3.64. The Morgan fingerprint density at radius 3 is 2.70 bits per heavy atom. The fourth-order valence-electron chi connectivity index (χ4n) is 4.35. The number of rotatable bonds is 3. The van der Waals surface area contributed by atoms with Gasteiger partial charge < -0.3 is 9.64 Å². The summed E-state index contributed by atoms with van der Waals surface area (Å²) < 4.78 is 34.2. The maximum atomic E-state index is 12.6. The predicted octanol–water partition coefficient (Wildman–Crippen LogP) is 2.97. The molecule has 0 spiro atoms. The smallest absolute Gasteiger partial charge is 0.310 e. The molecule has 27 heavy (non-hydrogen) atoms. The van der Waals surface area contributed by atoms with Crippen molar-refractivity contribution in [3.05, 3.63) is 29.8 Å². The van der Waals surface area contributed by atoms with Crippen LogP contribution in [0.2, 0.25) is 0 Å². The second-order valence-corrected chi connectivity index (χ2v) is 9.38. The topological polar surface area (TPSA) is 76.0 Å². The Balaban J connectivity index is 1.42. The first-order valence-corrected chi connectivity index (χ1v) is 11.3. The van der Waals surface area contributed by atoms with Gasteiger partial charge in [-0.1, -0.05) is 31.4 Å². The third-order valence-electron chi connectivity index (χ3n) is 5.85. The van der Waals surface area contributed by atoms with E-state index in [1.807, 2.05) is 11.0 Å². The zero-order chi connectivity index (χ0) is 18.9.